The quantitative estimate of drug-likeness (QED) is 0.580. The molecule has 0 radical (unpaired) electrons. The second-order valence-electron chi connectivity index (χ2n) is 4.83. The largest absolute Gasteiger partial charge is 0.464 e. The Hall–Kier alpha value is -2.05. The van der Waals surface area contributed by atoms with Crippen LogP contribution in [0, 0.1) is 0 Å². The van der Waals surface area contributed by atoms with Gasteiger partial charge in [0.2, 0.25) is 5.91 Å². The molecule has 0 aromatic heterocycles. The van der Waals surface area contributed by atoms with Crippen LogP contribution in [-0.4, -0.2) is 36.7 Å². The fraction of sp³-hybridized carbons (Fsp3) is 0.583. The minimum absolute atomic E-state index is 0.203. The summed E-state index contributed by atoms with van der Waals surface area (Å²) in [4.78, 5) is 34.1. The van der Waals surface area contributed by atoms with Crippen LogP contribution in [0.15, 0.2) is 12.3 Å². The van der Waals surface area contributed by atoms with E-state index in [9.17, 15) is 14.4 Å². The molecular weight excluding hydrogens is 252 g/mol. The van der Waals surface area contributed by atoms with Crippen LogP contribution in [0.25, 0.3) is 0 Å². The number of methoxy groups -OCH3 is 1. The standard InChI is InChI=1S/C12H20N2O5/c1-7(14-11(17)19-12(3,4)5)9(15)13-8(2)10(16)18-6/h7H,2H2,1,3-6H3,(H,13,15)(H,14,17). The molecule has 1 atom stereocenters. The van der Waals surface area contributed by atoms with Crippen molar-refractivity contribution in [1.82, 2.24) is 10.6 Å². The van der Waals surface area contributed by atoms with E-state index in [0.717, 1.165) is 0 Å². The van der Waals surface area contributed by atoms with Gasteiger partial charge in [0, 0.05) is 0 Å². The first kappa shape index (κ1) is 16.9. The van der Waals surface area contributed by atoms with Gasteiger partial charge in [-0.05, 0) is 27.7 Å². The average Bonchev–Trinajstić information content (AvgIpc) is 2.24. The molecule has 0 fully saturated rings. The Balaban J connectivity index is 4.32. The van der Waals surface area contributed by atoms with Crippen molar-refractivity contribution in [3.8, 4) is 0 Å². The van der Waals surface area contributed by atoms with Crippen LogP contribution in [0.5, 0.6) is 0 Å². The van der Waals surface area contributed by atoms with Gasteiger partial charge in [-0.25, -0.2) is 9.59 Å². The van der Waals surface area contributed by atoms with Crippen molar-refractivity contribution in [1.29, 1.82) is 0 Å². The van der Waals surface area contributed by atoms with E-state index >= 15 is 0 Å². The van der Waals surface area contributed by atoms with E-state index in [0.29, 0.717) is 0 Å². The molecule has 0 heterocycles. The van der Waals surface area contributed by atoms with Gasteiger partial charge in [0.25, 0.3) is 0 Å². The van der Waals surface area contributed by atoms with Crippen LogP contribution in [0.2, 0.25) is 0 Å². The van der Waals surface area contributed by atoms with E-state index in [2.05, 4.69) is 21.9 Å². The molecule has 7 nitrogen and oxygen atoms in total. The van der Waals surface area contributed by atoms with Crippen LogP contribution in [0.4, 0.5) is 4.79 Å². The van der Waals surface area contributed by atoms with E-state index in [-0.39, 0.29) is 5.70 Å². The summed E-state index contributed by atoms with van der Waals surface area (Å²) in [6.45, 7) is 9.90. The monoisotopic (exact) mass is 272 g/mol. The number of rotatable bonds is 4. The van der Waals surface area contributed by atoms with Gasteiger partial charge in [0.15, 0.2) is 0 Å². The molecule has 0 aliphatic heterocycles. The maximum atomic E-state index is 11.6. The van der Waals surface area contributed by atoms with Gasteiger partial charge < -0.3 is 20.1 Å². The van der Waals surface area contributed by atoms with E-state index < -0.39 is 29.6 Å². The first-order chi connectivity index (χ1) is 8.56. The SMILES string of the molecule is C=C(NC(=O)C(C)NC(=O)OC(C)(C)C)C(=O)OC. The smallest absolute Gasteiger partial charge is 0.408 e. The topological polar surface area (TPSA) is 93.7 Å². The summed E-state index contributed by atoms with van der Waals surface area (Å²) >= 11 is 0. The molecule has 0 bridgehead atoms. The molecule has 0 saturated heterocycles. The normalized spacial score (nSPS) is 12.1. The van der Waals surface area contributed by atoms with Crippen LogP contribution >= 0.6 is 0 Å². The molecule has 0 aliphatic rings. The Morgan fingerprint density at radius 1 is 1.21 bits per heavy atom. The molecule has 0 spiro atoms. The van der Waals surface area contributed by atoms with Gasteiger partial charge in [-0.3, -0.25) is 4.79 Å². The highest BCUT2D eigenvalue weighted by atomic mass is 16.6. The number of esters is 1. The van der Waals surface area contributed by atoms with Gasteiger partial charge in [-0.1, -0.05) is 6.58 Å². The molecule has 0 saturated carbocycles. The third-order valence-corrected chi connectivity index (χ3v) is 1.83. The molecule has 1 unspecified atom stereocenters. The number of hydrogen-bond acceptors (Lipinski definition) is 5. The average molecular weight is 272 g/mol. The third-order valence-electron chi connectivity index (χ3n) is 1.83. The summed E-state index contributed by atoms with van der Waals surface area (Å²) < 4.78 is 9.36. The number of carbonyl (C=O) groups excluding carboxylic acids is 3. The number of carbonyl (C=O) groups is 3. The Morgan fingerprint density at radius 2 is 1.74 bits per heavy atom. The Kier molecular flexibility index (Phi) is 6.04. The van der Waals surface area contributed by atoms with Crippen LogP contribution in [0.1, 0.15) is 27.7 Å². The van der Waals surface area contributed by atoms with E-state index in [1.807, 2.05) is 0 Å². The summed E-state index contributed by atoms with van der Waals surface area (Å²) in [7, 11) is 1.17. The van der Waals surface area contributed by atoms with Crippen LogP contribution in [0.3, 0.4) is 0 Å². The highest BCUT2D eigenvalue weighted by Crippen LogP contribution is 2.06. The molecule has 0 rings (SSSR count). The molecule has 7 heteroatoms. The summed E-state index contributed by atoms with van der Waals surface area (Å²) in [5, 5.41) is 4.55. The zero-order valence-electron chi connectivity index (χ0n) is 11.8. The number of nitrogens with one attached hydrogen (secondary N) is 2. The summed E-state index contributed by atoms with van der Waals surface area (Å²) in [6, 6.07) is -0.878. The molecule has 108 valence electrons. The lowest BCUT2D eigenvalue weighted by molar-refractivity contribution is -0.137. The first-order valence-corrected chi connectivity index (χ1v) is 5.64. The lowest BCUT2D eigenvalue weighted by Crippen LogP contribution is -2.46. The number of hydrogen-bond donors (Lipinski definition) is 2. The second-order valence-corrected chi connectivity index (χ2v) is 4.83. The molecule has 0 aliphatic carbocycles. The van der Waals surface area contributed by atoms with Crippen molar-refractivity contribution in [2.45, 2.75) is 39.3 Å². The molecule has 0 aromatic rings. The Bertz CT molecular complexity index is 384. The van der Waals surface area contributed by atoms with Gasteiger partial charge >= 0.3 is 12.1 Å². The zero-order chi connectivity index (χ0) is 15.2. The molecular formula is C12H20N2O5. The number of alkyl carbamates (subject to hydrolysis) is 1. The fourth-order valence-electron chi connectivity index (χ4n) is 0.981. The van der Waals surface area contributed by atoms with Gasteiger partial charge in [0.1, 0.15) is 17.3 Å². The van der Waals surface area contributed by atoms with Crippen molar-refractivity contribution in [3.05, 3.63) is 12.3 Å². The zero-order valence-corrected chi connectivity index (χ0v) is 11.8. The van der Waals surface area contributed by atoms with Gasteiger partial charge in [-0.2, -0.15) is 0 Å². The minimum atomic E-state index is -0.878. The summed E-state index contributed by atoms with van der Waals surface area (Å²) in [5.41, 5.74) is -0.860. The predicted molar refractivity (Wildman–Crippen MR) is 68.1 cm³/mol. The number of ether oxygens (including phenoxy) is 2. The highest BCUT2D eigenvalue weighted by Gasteiger charge is 2.22. The maximum absolute atomic E-state index is 11.6. The van der Waals surface area contributed by atoms with Crippen molar-refractivity contribution in [3.63, 3.8) is 0 Å². The Morgan fingerprint density at radius 3 is 2.16 bits per heavy atom. The maximum Gasteiger partial charge on any atom is 0.408 e. The van der Waals surface area contributed by atoms with E-state index in [1.165, 1.54) is 14.0 Å². The van der Waals surface area contributed by atoms with Crippen molar-refractivity contribution in [2.24, 2.45) is 0 Å². The van der Waals surface area contributed by atoms with E-state index in [1.54, 1.807) is 20.8 Å². The summed E-state index contributed by atoms with van der Waals surface area (Å²) in [6.07, 6.45) is -0.723. The second kappa shape index (κ2) is 6.77. The van der Waals surface area contributed by atoms with Gasteiger partial charge in [-0.15, -0.1) is 0 Å². The minimum Gasteiger partial charge on any atom is -0.464 e. The molecule has 2 amide bonds. The molecule has 2 N–H and O–H groups in total. The fourth-order valence-corrected chi connectivity index (χ4v) is 0.981. The van der Waals surface area contributed by atoms with Crippen molar-refractivity contribution >= 4 is 18.0 Å². The van der Waals surface area contributed by atoms with Crippen LogP contribution in [-0.2, 0) is 19.1 Å². The summed E-state index contributed by atoms with van der Waals surface area (Å²) in [5.74, 6) is -1.35. The van der Waals surface area contributed by atoms with Crippen molar-refractivity contribution < 1.29 is 23.9 Å². The van der Waals surface area contributed by atoms with Crippen LogP contribution < -0.4 is 10.6 Å². The lowest BCUT2D eigenvalue weighted by atomic mass is 10.2. The van der Waals surface area contributed by atoms with Gasteiger partial charge in [0.05, 0.1) is 7.11 Å². The molecule has 19 heavy (non-hydrogen) atoms. The lowest BCUT2D eigenvalue weighted by Gasteiger charge is -2.21. The predicted octanol–water partition coefficient (Wildman–Crippen LogP) is 0.702. The highest BCUT2D eigenvalue weighted by molar-refractivity contribution is 5.95. The van der Waals surface area contributed by atoms with E-state index in [4.69, 9.17) is 4.74 Å². The Labute approximate surface area is 112 Å². The first-order valence-electron chi connectivity index (χ1n) is 5.64. The third kappa shape index (κ3) is 7.07. The van der Waals surface area contributed by atoms with Crippen molar-refractivity contribution in [2.75, 3.05) is 7.11 Å². The molecule has 0 aromatic carbocycles. The number of amides is 2.